The molecule has 0 saturated heterocycles. The van der Waals surface area contributed by atoms with Gasteiger partial charge in [0.25, 0.3) is 11.2 Å². The molecule has 1 aliphatic carbocycles. The average Bonchev–Trinajstić information content (AvgIpc) is 3.23. The minimum absolute atomic E-state index is 0.0867. The van der Waals surface area contributed by atoms with Gasteiger partial charge in [0.2, 0.25) is 5.75 Å². The van der Waals surface area contributed by atoms with Gasteiger partial charge in [-0.2, -0.15) is 0 Å². The van der Waals surface area contributed by atoms with E-state index in [0.29, 0.717) is 21.3 Å². The minimum atomic E-state index is -0.702. The molecule has 0 fully saturated rings. The average molecular weight is 605 g/mol. The molecule has 1 aliphatic heterocycles. The number of allylic oxidation sites excluding steroid dienone is 1. The highest BCUT2D eigenvalue weighted by molar-refractivity contribution is 9.10. The van der Waals surface area contributed by atoms with E-state index >= 15 is 0 Å². The molecule has 1 unspecified atom stereocenters. The quantitative estimate of drug-likeness (QED) is 0.266. The van der Waals surface area contributed by atoms with Crippen molar-refractivity contribution < 1.29 is 15.0 Å². The van der Waals surface area contributed by atoms with Crippen LogP contribution in [0.3, 0.4) is 0 Å². The third kappa shape index (κ3) is 4.17. The summed E-state index contributed by atoms with van der Waals surface area (Å²) in [6.07, 6.45) is 2.75. The zero-order valence-corrected chi connectivity index (χ0v) is 22.3. The number of phenols is 1. The van der Waals surface area contributed by atoms with E-state index in [1.807, 2.05) is 24.3 Å². The smallest absolute Gasteiger partial charge is 0.312 e. The second-order valence-corrected chi connectivity index (χ2v) is 11.0. The number of hydrogen-bond donors (Lipinski definition) is 1. The summed E-state index contributed by atoms with van der Waals surface area (Å²) in [7, 11) is 0. The van der Waals surface area contributed by atoms with Crippen LogP contribution in [0.2, 0.25) is 0 Å². The van der Waals surface area contributed by atoms with Gasteiger partial charge in [0.05, 0.1) is 26.1 Å². The third-order valence-electron chi connectivity index (χ3n) is 6.84. The van der Waals surface area contributed by atoms with Gasteiger partial charge in [0.1, 0.15) is 0 Å². The first-order valence-electron chi connectivity index (χ1n) is 11.8. The molecule has 0 spiro atoms. The zero-order chi connectivity index (χ0) is 27.4. The van der Waals surface area contributed by atoms with Crippen LogP contribution in [0.4, 0.5) is 11.4 Å². The van der Waals surface area contributed by atoms with E-state index in [-0.39, 0.29) is 15.8 Å². The number of aromatic nitrogens is 1. The largest absolute Gasteiger partial charge is 0.502 e. The summed E-state index contributed by atoms with van der Waals surface area (Å²) in [6.45, 7) is 0. The first-order chi connectivity index (χ1) is 18.7. The zero-order valence-electron chi connectivity index (χ0n) is 19.9. The Labute approximate surface area is 231 Å². The molecular formula is C27H17BrN4O6S. The number of nitro groups is 2. The van der Waals surface area contributed by atoms with Crippen molar-refractivity contribution in [3.63, 3.8) is 0 Å². The molecule has 194 valence electrons. The lowest BCUT2D eigenvalue weighted by molar-refractivity contribution is -0.386. The van der Waals surface area contributed by atoms with Gasteiger partial charge in [-0.3, -0.25) is 29.6 Å². The highest BCUT2D eigenvalue weighted by Crippen LogP contribution is 2.41. The lowest BCUT2D eigenvalue weighted by Gasteiger charge is -2.30. The van der Waals surface area contributed by atoms with E-state index in [2.05, 4.69) is 15.9 Å². The number of nitro benzene ring substituents is 2. The van der Waals surface area contributed by atoms with E-state index in [1.165, 1.54) is 34.9 Å². The molecule has 39 heavy (non-hydrogen) atoms. The molecule has 1 atom stereocenters. The molecule has 6 rings (SSSR count). The molecule has 2 aliphatic rings. The van der Waals surface area contributed by atoms with Crippen molar-refractivity contribution in [3.05, 3.63) is 133 Å². The Morgan fingerprint density at radius 2 is 1.85 bits per heavy atom. The van der Waals surface area contributed by atoms with Gasteiger partial charge in [-0.25, -0.2) is 4.99 Å². The van der Waals surface area contributed by atoms with Crippen molar-refractivity contribution >= 4 is 50.4 Å². The van der Waals surface area contributed by atoms with E-state index < -0.39 is 32.9 Å². The van der Waals surface area contributed by atoms with Crippen molar-refractivity contribution in [1.29, 1.82) is 0 Å². The van der Waals surface area contributed by atoms with Crippen LogP contribution in [0, 0.1) is 20.2 Å². The summed E-state index contributed by atoms with van der Waals surface area (Å²) in [5.74, 6) is -0.558. The van der Waals surface area contributed by atoms with E-state index in [0.717, 1.165) is 40.2 Å². The van der Waals surface area contributed by atoms with Gasteiger partial charge in [0.15, 0.2) is 4.80 Å². The summed E-state index contributed by atoms with van der Waals surface area (Å²) in [4.78, 5) is 40.9. The Morgan fingerprint density at radius 1 is 1.05 bits per heavy atom. The molecular weight excluding hydrogens is 588 g/mol. The van der Waals surface area contributed by atoms with Crippen LogP contribution < -0.4 is 14.9 Å². The van der Waals surface area contributed by atoms with Crippen molar-refractivity contribution in [3.8, 4) is 5.75 Å². The van der Waals surface area contributed by atoms with Crippen molar-refractivity contribution in [1.82, 2.24) is 4.57 Å². The fourth-order valence-corrected chi connectivity index (χ4v) is 6.58. The predicted molar refractivity (Wildman–Crippen MR) is 148 cm³/mol. The van der Waals surface area contributed by atoms with E-state index in [9.17, 15) is 30.1 Å². The Bertz CT molecular complexity index is 1940. The van der Waals surface area contributed by atoms with Gasteiger partial charge in [-0.05, 0) is 41.7 Å². The fraction of sp³-hybridized carbons (Fsp3) is 0.111. The molecule has 0 saturated carbocycles. The molecule has 0 amide bonds. The number of nitrogens with zero attached hydrogens (tertiary/aromatic N) is 4. The normalized spacial score (nSPS) is 16.2. The number of phenolic OH excluding ortho intramolecular Hbond substituents is 1. The van der Waals surface area contributed by atoms with Crippen LogP contribution in [-0.4, -0.2) is 19.5 Å². The second-order valence-electron chi connectivity index (χ2n) is 9.09. The van der Waals surface area contributed by atoms with Crippen LogP contribution in [-0.2, 0) is 6.42 Å². The Morgan fingerprint density at radius 3 is 2.62 bits per heavy atom. The number of aryl methyl sites for hydroxylation is 1. The Hall–Kier alpha value is -4.42. The summed E-state index contributed by atoms with van der Waals surface area (Å²) in [6, 6.07) is 16.2. The van der Waals surface area contributed by atoms with Crippen LogP contribution in [0.1, 0.15) is 34.7 Å². The van der Waals surface area contributed by atoms with Crippen LogP contribution in [0.5, 0.6) is 5.75 Å². The summed E-state index contributed by atoms with van der Waals surface area (Å²) in [5.41, 5.74) is 3.39. The number of benzene rings is 3. The number of hydrogen-bond acceptors (Lipinski definition) is 8. The maximum atomic E-state index is 13.9. The van der Waals surface area contributed by atoms with Gasteiger partial charge in [0, 0.05) is 33.8 Å². The van der Waals surface area contributed by atoms with Crippen LogP contribution in [0.15, 0.2) is 80.5 Å². The molecule has 3 aromatic carbocycles. The topological polar surface area (TPSA) is 141 Å². The van der Waals surface area contributed by atoms with Gasteiger partial charge >= 0.3 is 5.69 Å². The van der Waals surface area contributed by atoms with Crippen molar-refractivity contribution in [2.45, 2.75) is 18.9 Å². The minimum Gasteiger partial charge on any atom is -0.502 e. The van der Waals surface area contributed by atoms with Crippen molar-refractivity contribution in [2.24, 2.45) is 4.99 Å². The van der Waals surface area contributed by atoms with Gasteiger partial charge in [-0.1, -0.05) is 63.7 Å². The molecule has 12 heteroatoms. The van der Waals surface area contributed by atoms with Gasteiger partial charge in [-0.15, -0.1) is 0 Å². The van der Waals surface area contributed by atoms with E-state index in [1.54, 1.807) is 12.1 Å². The van der Waals surface area contributed by atoms with Crippen molar-refractivity contribution in [2.75, 3.05) is 0 Å². The number of halogens is 1. The summed E-state index contributed by atoms with van der Waals surface area (Å²) in [5, 5.41) is 33.5. The number of rotatable bonds is 4. The lowest BCUT2D eigenvalue weighted by atomic mass is 9.83. The molecule has 0 radical (unpaired) electrons. The molecule has 1 N–H and O–H groups in total. The fourth-order valence-electron chi connectivity index (χ4n) is 5.13. The second kappa shape index (κ2) is 9.40. The summed E-state index contributed by atoms with van der Waals surface area (Å²) >= 11 is 4.31. The highest BCUT2D eigenvalue weighted by Gasteiger charge is 2.33. The molecule has 0 bridgehead atoms. The van der Waals surface area contributed by atoms with E-state index in [4.69, 9.17) is 4.99 Å². The number of thiazole rings is 1. The maximum Gasteiger partial charge on any atom is 0.312 e. The number of non-ortho nitro benzene ring substituents is 1. The Kier molecular flexibility index (Phi) is 6.00. The Balaban J connectivity index is 1.63. The lowest BCUT2D eigenvalue weighted by Crippen LogP contribution is -2.38. The molecule has 4 aromatic rings. The monoisotopic (exact) mass is 604 g/mol. The number of fused-ring (bicyclic) bond motifs is 3. The predicted octanol–water partition coefficient (Wildman–Crippen LogP) is 4.60. The first-order valence-corrected chi connectivity index (χ1v) is 13.4. The molecule has 10 nitrogen and oxygen atoms in total. The standard InChI is InChI=1S/C27H17BrN4O6S/c28-17-10-16(25(33)21(13-17)32(37)38)12-22-26(34)30-24(15-5-3-6-18(11-15)31(35)36)20-9-8-14-4-1-2-7-19(14)23(20)29-27(30)39-22/h1-7,10-13,24,33H,8-9H2/b22-12+. The van der Waals surface area contributed by atoms with Crippen LogP contribution >= 0.6 is 27.3 Å². The SMILES string of the molecule is O=c1/c(=C\c2cc(Br)cc([N+](=O)[O-])c2O)sc2n1C(c1cccc([N+](=O)[O-])c1)C1=C(N=2)c2ccccc2CC1. The third-order valence-corrected chi connectivity index (χ3v) is 8.28. The maximum absolute atomic E-state index is 13.9. The van der Waals surface area contributed by atoms with Gasteiger partial charge < -0.3 is 5.11 Å². The summed E-state index contributed by atoms with van der Waals surface area (Å²) < 4.78 is 2.10. The first kappa shape index (κ1) is 24.9. The van der Waals surface area contributed by atoms with Crippen LogP contribution in [0.25, 0.3) is 11.8 Å². The highest BCUT2D eigenvalue weighted by atomic mass is 79.9. The number of aromatic hydroxyl groups is 1. The molecule has 2 heterocycles. The molecule has 1 aromatic heterocycles.